The summed E-state index contributed by atoms with van der Waals surface area (Å²) in [6, 6.07) is 14.9. The van der Waals surface area contributed by atoms with Gasteiger partial charge in [-0.1, -0.05) is 36.4 Å². The molecule has 0 aliphatic carbocycles. The summed E-state index contributed by atoms with van der Waals surface area (Å²) in [5, 5.41) is 14.1. The quantitative estimate of drug-likeness (QED) is 0.163. The Morgan fingerprint density at radius 2 is 1.46 bits per heavy atom. The Bertz CT molecular complexity index is 1480. The lowest BCUT2D eigenvalue weighted by Crippen LogP contribution is -2.63. The van der Waals surface area contributed by atoms with Crippen LogP contribution in [-0.4, -0.2) is 58.5 Å². The first-order valence-corrected chi connectivity index (χ1v) is 13.3. The Hall–Kier alpha value is -3.99. The van der Waals surface area contributed by atoms with Crippen LogP contribution in [0.4, 0.5) is 0 Å². The van der Waals surface area contributed by atoms with Crippen LogP contribution in [-0.2, 0) is 27.2 Å². The fourth-order valence-corrected chi connectivity index (χ4v) is 5.33. The Labute approximate surface area is 226 Å². The summed E-state index contributed by atoms with van der Waals surface area (Å²) in [5.41, 5.74) is 9.14. The van der Waals surface area contributed by atoms with Gasteiger partial charge in [0.1, 0.15) is 0 Å². The number of nitrogens with one attached hydrogen (secondary N) is 6. The van der Waals surface area contributed by atoms with E-state index in [1.807, 2.05) is 60.9 Å². The topological polar surface area (TPSA) is 157 Å². The highest BCUT2D eigenvalue weighted by Gasteiger charge is 2.37. The molecule has 3 heterocycles. The van der Waals surface area contributed by atoms with Crippen LogP contribution in [0.2, 0.25) is 0 Å². The third-order valence-electron chi connectivity index (χ3n) is 7.48. The van der Waals surface area contributed by atoms with E-state index in [2.05, 4.69) is 31.2 Å². The average Bonchev–Trinajstić information content (AvgIpc) is 3.52. The third kappa shape index (κ3) is 6.03. The molecule has 4 aromatic rings. The molecule has 0 spiro atoms. The number of carbonyl (C=O) groups excluding carboxylic acids is 3. The molecule has 10 heteroatoms. The molecule has 0 unspecified atom stereocenters. The molecule has 2 aromatic heterocycles. The maximum absolute atomic E-state index is 13.6. The van der Waals surface area contributed by atoms with Gasteiger partial charge in [0.25, 0.3) is 0 Å². The molecule has 0 radical (unpaired) electrons. The number of carbonyl (C=O) groups is 3. The maximum Gasteiger partial charge on any atom is 0.246 e. The van der Waals surface area contributed by atoms with Gasteiger partial charge in [0.05, 0.1) is 17.7 Å². The van der Waals surface area contributed by atoms with Crippen molar-refractivity contribution in [3.05, 3.63) is 72.1 Å². The van der Waals surface area contributed by atoms with Crippen LogP contribution in [0.25, 0.3) is 21.8 Å². The molecule has 5 rings (SSSR count). The first-order chi connectivity index (χ1) is 18.8. The normalized spacial score (nSPS) is 16.6. The zero-order valence-electron chi connectivity index (χ0n) is 22.0. The molecular weight excluding hydrogens is 494 g/mol. The van der Waals surface area contributed by atoms with Gasteiger partial charge in [0, 0.05) is 47.5 Å². The predicted octanol–water partition coefficient (Wildman–Crippen LogP) is 1.58. The van der Waals surface area contributed by atoms with Gasteiger partial charge in [0.2, 0.25) is 17.7 Å². The van der Waals surface area contributed by atoms with Gasteiger partial charge in [-0.15, -0.1) is 0 Å². The van der Waals surface area contributed by atoms with Crippen LogP contribution in [0.5, 0.6) is 0 Å². The number of nitrogens with two attached hydrogens (primary N) is 1. The number of aromatic nitrogens is 2. The lowest BCUT2D eigenvalue weighted by atomic mass is 9.88. The number of hydrogen-bond acceptors (Lipinski definition) is 6. The van der Waals surface area contributed by atoms with E-state index in [4.69, 9.17) is 5.73 Å². The number of aromatic amines is 2. The molecule has 10 nitrogen and oxygen atoms in total. The third-order valence-corrected chi connectivity index (χ3v) is 7.48. The highest BCUT2D eigenvalue weighted by Crippen LogP contribution is 2.22. The van der Waals surface area contributed by atoms with Crippen molar-refractivity contribution in [2.75, 3.05) is 13.1 Å². The van der Waals surface area contributed by atoms with Crippen molar-refractivity contribution in [2.24, 2.45) is 5.73 Å². The Morgan fingerprint density at radius 1 is 0.897 bits per heavy atom. The van der Waals surface area contributed by atoms with Crippen LogP contribution in [0, 0.1) is 0 Å². The monoisotopic (exact) mass is 529 g/mol. The summed E-state index contributed by atoms with van der Waals surface area (Å²) >= 11 is 0. The van der Waals surface area contributed by atoms with Gasteiger partial charge in [-0.05, 0) is 55.6 Å². The molecular formula is C29H35N7O3. The second kappa shape index (κ2) is 11.4. The fourth-order valence-electron chi connectivity index (χ4n) is 5.33. The van der Waals surface area contributed by atoms with E-state index < -0.39 is 29.6 Å². The average molecular weight is 530 g/mol. The molecule has 0 saturated carbocycles. The standard InChI is InChI=1S/C29H35N7O3/c1-18(37)34-26(15-20-17-33-24-9-5-3-7-22(20)24)35-25(14-19-16-32-23-8-4-2-6-21(19)23)27(38)36-28(39)29(30)10-12-31-13-11-29/h2-9,16-17,25-26,31-33,35H,10-15,30H2,1H3,(H,34,37)(H,36,38,39)/t25-,26+/m1/s1. The first-order valence-electron chi connectivity index (χ1n) is 13.3. The molecule has 3 amide bonds. The molecule has 1 aliphatic rings. The lowest BCUT2D eigenvalue weighted by molar-refractivity contribution is -0.135. The van der Waals surface area contributed by atoms with Crippen LogP contribution in [0.3, 0.4) is 0 Å². The second-order valence-corrected chi connectivity index (χ2v) is 10.3. The highest BCUT2D eigenvalue weighted by molar-refractivity contribution is 6.02. The van der Waals surface area contributed by atoms with Gasteiger partial charge < -0.3 is 26.3 Å². The smallest absolute Gasteiger partial charge is 0.246 e. The number of imide groups is 1. The van der Waals surface area contributed by atoms with Gasteiger partial charge in [-0.25, -0.2) is 0 Å². The number of hydrogen-bond donors (Lipinski definition) is 7. The number of fused-ring (bicyclic) bond motifs is 2. The van der Waals surface area contributed by atoms with E-state index in [-0.39, 0.29) is 5.91 Å². The van der Waals surface area contributed by atoms with Crippen molar-refractivity contribution >= 4 is 39.5 Å². The van der Waals surface area contributed by atoms with Crippen molar-refractivity contribution in [1.82, 2.24) is 31.2 Å². The molecule has 1 fully saturated rings. The molecule has 8 N–H and O–H groups in total. The first kappa shape index (κ1) is 26.6. The van der Waals surface area contributed by atoms with Crippen LogP contribution < -0.4 is 27.0 Å². The van der Waals surface area contributed by atoms with E-state index in [0.29, 0.717) is 38.8 Å². The molecule has 1 saturated heterocycles. The van der Waals surface area contributed by atoms with Crippen molar-refractivity contribution in [1.29, 1.82) is 0 Å². The van der Waals surface area contributed by atoms with E-state index in [9.17, 15) is 14.4 Å². The maximum atomic E-state index is 13.6. The van der Waals surface area contributed by atoms with Crippen molar-refractivity contribution in [2.45, 2.75) is 50.4 Å². The fraction of sp³-hybridized carbons (Fsp3) is 0.345. The van der Waals surface area contributed by atoms with Gasteiger partial charge in [-0.2, -0.15) is 0 Å². The number of rotatable bonds is 9. The van der Waals surface area contributed by atoms with Crippen LogP contribution >= 0.6 is 0 Å². The van der Waals surface area contributed by atoms with Crippen LogP contribution in [0.1, 0.15) is 30.9 Å². The highest BCUT2D eigenvalue weighted by atomic mass is 16.2. The van der Waals surface area contributed by atoms with Gasteiger partial charge in [-0.3, -0.25) is 25.0 Å². The summed E-state index contributed by atoms with van der Waals surface area (Å²) in [4.78, 5) is 45.4. The van der Waals surface area contributed by atoms with E-state index in [1.54, 1.807) is 0 Å². The minimum atomic E-state index is -1.10. The Morgan fingerprint density at radius 3 is 2.05 bits per heavy atom. The molecule has 0 bridgehead atoms. The van der Waals surface area contributed by atoms with Crippen molar-refractivity contribution in [3.63, 3.8) is 0 Å². The SMILES string of the molecule is CC(=O)N[C@H](Cc1c[nH]c2ccccc12)N[C@H](Cc1c[nH]c2ccccc12)C(=O)NC(=O)C1(N)CCNCC1. The van der Waals surface area contributed by atoms with Crippen molar-refractivity contribution < 1.29 is 14.4 Å². The summed E-state index contributed by atoms with van der Waals surface area (Å²) < 4.78 is 0. The van der Waals surface area contributed by atoms with E-state index >= 15 is 0 Å². The minimum absolute atomic E-state index is 0.231. The zero-order chi connectivity index (χ0) is 27.4. The summed E-state index contributed by atoms with van der Waals surface area (Å²) in [6.07, 6.45) is 4.84. The van der Waals surface area contributed by atoms with E-state index in [1.165, 1.54) is 6.92 Å². The molecule has 204 valence electrons. The molecule has 2 aromatic carbocycles. The molecule has 1 aliphatic heterocycles. The number of para-hydroxylation sites is 2. The summed E-state index contributed by atoms with van der Waals surface area (Å²) in [5.74, 6) is -1.19. The number of H-pyrrole nitrogens is 2. The van der Waals surface area contributed by atoms with Crippen LogP contribution in [0.15, 0.2) is 60.9 Å². The van der Waals surface area contributed by atoms with Gasteiger partial charge in [0.15, 0.2) is 0 Å². The Balaban J connectivity index is 1.41. The lowest BCUT2D eigenvalue weighted by Gasteiger charge is -2.33. The van der Waals surface area contributed by atoms with Gasteiger partial charge >= 0.3 is 0 Å². The summed E-state index contributed by atoms with van der Waals surface area (Å²) in [6.45, 7) is 2.67. The Kier molecular flexibility index (Phi) is 7.78. The second-order valence-electron chi connectivity index (χ2n) is 10.3. The largest absolute Gasteiger partial charge is 0.361 e. The molecule has 39 heavy (non-hydrogen) atoms. The predicted molar refractivity (Wildman–Crippen MR) is 151 cm³/mol. The number of benzene rings is 2. The molecule has 2 atom stereocenters. The number of amides is 3. The van der Waals surface area contributed by atoms with E-state index in [0.717, 1.165) is 32.9 Å². The summed E-state index contributed by atoms with van der Waals surface area (Å²) in [7, 11) is 0. The van der Waals surface area contributed by atoms with Crippen molar-refractivity contribution in [3.8, 4) is 0 Å². The zero-order valence-corrected chi connectivity index (χ0v) is 22.0. The number of piperidine rings is 1. The minimum Gasteiger partial charge on any atom is -0.361 e.